The molecule has 5 nitrogen and oxygen atoms in total. The van der Waals surface area contributed by atoms with Crippen LogP contribution in [-0.2, 0) is 14.4 Å². The van der Waals surface area contributed by atoms with Gasteiger partial charge in [0.25, 0.3) is 0 Å². The Kier molecular flexibility index (Phi) is 2.94. The third kappa shape index (κ3) is 2.48. The van der Waals surface area contributed by atoms with Gasteiger partial charge in [0.15, 0.2) is 0 Å². The zero-order valence-electron chi connectivity index (χ0n) is 7.39. The van der Waals surface area contributed by atoms with Crippen molar-refractivity contribution in [2.45, 2.75) is 0 Å². The molecule has 0 spiro atoms. The lowest BCUT2D eigenvalue weighted by Gasteiger charge is -2.02. The normalized spacial score (nSPS) is 15.9. The van der Waals surface area contributed by atoms with Crippen LogP contribution in [0.15, 0.2) is 35.6 Å². The minimum atomic E-state index is -1.62. The van der Waals surface area contributed by atoms with E-state index in [1.165, 1.54) is 6.08 Å². The summed E-state index contributed by atoms with van der Waals surface area (Å²) in [5.41, 5.74) is -0.428. The first kappa shape index (κ1) is 10.6. The molecule has 0 N–H and O–H groups in total. The van der Waals surface area contributed by atoms with Crippen molar-refractivity contribution in [2.75, 3.05) is 0 Å². The number of carboxylic acids is 1. The van der Waals surface area contributed by atoms with Crippen molar-refractivity contribution in [1.82, 2.24) is 0 Å². The molecule has 0 aromatic carbocycles. The Morgan fingerprint density at radius 3 is 2.47 bits per heavy atom. The van der Waals surface area contributed by atoms with E-state index in [1.807, 2.05) is 0 Å². The molecule has 74 valence electrons. The fraction of sp³-hybridized carbons (Fsp3) is 0. The summed E-state index contributed by atoms with van der Waals surface area (Å²) in [5.74, 6) is -3.04. The number of carboxylic acid groups (broad SMARTS) is 1. The lowest BCUT2D eigenvalue weighted by atomic mass is 10.0. The van der Waals surface area contributed by atoms with E-state index in [0.717, 1.165) is 18.2 Å². The van der Waals surface area contributed by atoms with Gasteiger partial charge in [-0.3, -0.25) is 9.59 Å². The SMILES string of the molecule is [C-]#[N+]/C(=C/C1=CC(=O)C(=O)C=C1)C(=O)[O-]. The van der Waals surface area contributed by atoms with E-state index in [9.17, 15) is 19.5 Å². The van der Waals surface area contributed by atoms with Gasteiger partial charge in [-0.15, -0.1) is 0 Å². The number of nitrogens with zero attached hydrogens (tertiary/aromatic N) is 1. The summed E-state index contributed by atoms with van der Waals surface area (Å²) in [7, 11) is 0. The minimum absolute atomic E-state index is 0.190. The molecule has 0 aliphatic heterocycles. The molecule has 15 heavy (non-hydrogen) atoms. The predicted octanol–water partition coefficient (Wildman–Crippen LogP) is -0.826. The molecule has 0 atom stereocenters. The molecule has 0 heterocycles. The second-order valence-corrected chi connectivity index (χ2v) is 2.64. The molecule has 0 radical (unpaired) electrons. The van der Waals surface area contributed by atoms with Crippen molar-refractivity contribution >= 4 is 17.5 Å². The molecule has 0 unspecified atom stereocenters. The average Bonchev–Trinajstić information content (AvgIpc) is 2.19. The Labute approximate surface area is 84.8 Å². The first-order chi connectivity index (χ1) is 7.04. The van der Waals surface area contributed by atoms with Gasteiger partial charge in [-0.1, -0.05) is 6.08 Å². The molecule has 0 saturated heterocycles. The third-order valence-corrected chi connectivity index (χ3v) is 1.60. The largest absolute Gasteiger partial charge is 0.558 e. The van der Waals surface area contributed by atoms with Gasteiger partial charge in [-0.05, 0) is 23.8 Å². The van der Waals surface area contributed by atoms with E-state index < -0.39 is 23.2 Å². The van der Waals surface area contributed by atoms with Gasteiger partial charge in [0.2, 0.25) is 17.3 Å². The lowest BCUT2D eigenvalue weighted by Crippen LogP contribution is -2.23. The molecule has 1 aliphatic rings. The number of rotatable bonds is 2. The molecule has 0 saturated carbocycles. The van der Waals surface area contributed by atoms with Crippen LogP contribution in [0.25, 0.3) is 4.85 Å². The van der Waals surface area contributed by atoms with Crippen LogP contribution < -0.4 is 5.11 Å². The van der Waals surface area contributed by atoms with Crippen molar-refractivity contribution in [3.05, 3.63) is 47.0 Å². The Hall–Kier alpha value is -2.48. The standard InChI is InChI=1S/C10H5NO4/c1-11-7(10(14)15)4-6-2-3-8(12)9(13)5-6/h2-5H,(H,14,15)/p-1/b7-4+. The second kappa shape index (κ2) is 4.15. The first-order valence-electron chi connectivity index (χ1n) is 3.83. The Bertz CT molecular complexity index is 474. The summed E-state index contributed by atoms with van der Waals surface area (Å²) >= 11 is 0. The van der Waals surface area contributed by atoms with Gasteiger partial charge in [0, 0.05) is 0 Å². The van der Waals surface area contributed by atoms with E-state index >= 15 is 0 Å². The van der Waals surface area contributed by atoms with E-state index in [-0.39, 0.29) is 5.57 Å². The topological polar surface area (TPSA) is 78.6 Å². The van der Waals surface area contributed by atoms with Gasteiger partial charge in [0.05, 0.1) is 12.5 Å². The molecule has 1 aliphatic carbocycles. The summed E-state index contributed by atoms with van der Waals surface area (Å²) < 4.78 is 0. The quantitative estimate of drug-likeness (QED) is 0.253. The Morgan fingerprint density at radius 2 is 2.00 bits per heavy atom. The Morgan fingerprint density at radius 1 is 1.33 bits per heavy atom. The van der Waals surface area contributed by atoms with Crippen molar-refractivity contribution in [3.8, 4) is 0 Å². The maximum atomic E-state index is 10.9. The number of hydrogen-bond acceptors (Lipinski definition) is 4. The average molecular weight is 202 g/mol. The highest BCUT2D eigenvalue weighted by molar-refractivity contribution is 6.46. The van der Waals surface area contributed by atoms with E-state index in [2.05, 4.69) is 4.85 Å². The van der Waals surface area contributed by atoms with Crippen molar-refractivity contribution in [1.29, 1.82) is 0 Å². The number of allylic oxidation sites excluding steroid dienone is 5. The van der Waals surface area contributed by atoms with E-state index in [0.29, 0.717) is 0 Å². The number of hydrogen-bond donors (Lipinski definition) is 0. The molecular formula is C10H4NO4-. The van der Waals surface area contributed by atoms with Gasteiger partial charge < -0.3 is 9.90 Å². The van der Waals surface area contributed by atoms with Gasteiger partial charge >= 0.3 is 0 Å². The van der Waals surface area contributed by atoms with Crippen LogP contribution in [-0.4, -0.2) is 17.5 Å². The molecule has 0 fully saturated rings. The lowest BCUT2D eigenvalue weighted by molar-refractivity contribution is -0.298. The number of carbonyl (C=O) groups is 3. The molecule has 0 amide bonds. The molecule has 1 rings (SSSR count). The highest BCUT2D eigenvalue weighted by Gasteiger charge is 2.12. The predicted molar refractivity (Wildman–Crippen MR) is 46.9 cm³/mol. The zero-order valence-corrected chi connectivity index (χ0v) is 7.39. The van der Waals surface area contributed by atoms with Crippen LogP contribution in [0.1, 0.15) is 0 Å². The summed E-state index contributed by atoms with van der Waals surface area (Å²) in [4.78, 5) is 34.7. The fourth-order valence-electron chi connectivity index (χ4n) is 0.909. The van der Waals surface area contributed by atoms with E-state index in [4.69, 9.17) is 6.57 Å². The molecule has 0 bridgehead atoms. The summed E-state index contributed by atoms with van der Waals surface area (Å²) in [6.07, 6.45) is 4.22. The van der Waals surface area contributed by atoms with Crippen LogP contribution in [0.5, 0.6) is 0 Å². The van der Waals surface area contributed by atoms with Crippen molar-refractivity contribution in [2.24, 2.45) is 0 Å². The number of carbonyl (C=O) groups excluding carboxylic acids is 3. The third-order valence-electron chi connectivity index (χ3n) is 1.60. The van der Waals surface area contributed by atoms with Gasteiger partial charge in [0.1, 0.15) is 0 Å². The van der Waals surface area contributed by atoms with E-state index in [1.54, 1.807) is 0 Å². The van der Waals surface area contributed by atoms with Gasteiger partial charge in [-0.25, -0.2) is 4.85 Å². The first-order valence-corrected chi connectivity index (χ1v) is 3.83. The van der Waals surface area contributed by atoms with Crippen LogP contribution in [0.4, 0.5) is 0 Å². The van der Waals surface area contributed by atoms with Crippen LogP contribution in [0.3, 0.4) is 0 Å². The summed E-state index contributed by atoms with van der Waals surface area (Å²) in [5, 5.41) is 10.4. The fourth-order valence-corrected chi connectivity index (χ4v) is 0.909. The highest BCUT2D eigenvalue weighted by Crippen LogP contribution is 2.09. The molecule has 0 aromatic heterocycles. The smallest absolute Gasteiger partial charge is 0.226 e. The van der Waals surface area contributed by atoms with Gasteiger partial charge in [-0.2, -0.15) is 0 Å². The minimum Gasteiger partial charge on any atom is -0.558 e. The summed E-state index contributed by atoms with van der Waals surface area (Å²) in [6, 6.07) is 0. The van der Waals surface area contributed by atoms with Crippen LogP contribution in [0, 0.1) is 6.57 Å². The Balaban J connectivity index is 3.04. The maximum Gasteiger partial charge on any atom is 0.226 e. The second-order valence-electron chi connectivity index (χ2n) is 2.64. The molecule has 0 aromatic rings. The molecule has 5 heteroatoms. The van der Waals surface area contributed by atoms with Crippen LogP contribution in [0.2, 0.25) is 0 Å². The monoisotopic (exact) mass is 202 g/mol. The maximum absolute atomic E-state index is 10.9. The summed E-state index contributed by atoms with van der Waals surface area (Å²) in [6.45, 7) is 6.53. The molecular weight excluding hydrogens is 198 g/mol. The zero-order chi connectivity index (χ0) is 11.4. The highest BCUT2D eigenvalue weighted by atomic mass is 16.4. The van der Waals surface area contributed by atoms with Crippen LogP contribution >= 0.6 is 0 Å². The van der Waals surface area contributed by atoms with Crippen molar-refractivity contribution in [3.63, 3.8) is 0 Å². The number of aliphatic carboxylic acids is 1. The van der Waals surface area contributed by atoms with Crippen molar-refractivity contribution < 1.29 is 19.5 Å². The number of ketones is 2.